The smallest absolute Gasteiger partial charge is 0.343 e. The van der Waals surface area contributed by atoms with Crippen LogP contribution in [0.3, 0.4) is 0 Å². The van der Waals surface area contributed by atoms with Crippen molar-refractivity contribution in [3.8, 4) is 11.5 Å². The number of nitrogens with one attached hydrogen (secondary N) is 1. The summed E-state index contributed by atoms with van der Waals surface area (Å²) < 4.78 is 15.2. The van der Waals surface area contributed by atoms with Gasteiger partial charge in [-0.1, -0.05) is 45.9 Å². The Labute approximate surface area is 175 Å². The van der Waals surface area contributed by atoms with Gasteiger partial charge in [0.25, 0.3) is 0 Å². The SMILES string of the molecule is CC.COC(=O)COc1ccc(CNC(=O)CCCC/C=C/C(C)C)cc1OC. The molecule has 0 aliphatic heterocycles. The molecule has 0 aliphatic carbocycles. The van der Waals surface area contributed by atoms with Crippen LogP contribution in [0.25, 0.3) is 0 Å². The molecule has 0 radical (unpaired) electrons. The van der Waals surface area contributed by atoms with Gasteiger partial charge in [0.2, 0.25) is 5.91 Å². The van der Waals surface area contributed by atoms with Gasteiger partial charge in [0.1, 0.15) is 0 Å². The van der Waals surface area contributed by atoms with Crippen LogP contribution >= 0.6 is 0 Å². The van der Waals surface area contributed by atoms with Gasteiger partial charge >= 0.3 is 5.97 Å². The Balaban J connectivity index is 0.00000379. The lowest BCUT2D eigenvalue weighted by Crippen LogP contribution is -2.22. The zero-order valence-electron chi connectivity index (χ0n) is 18.7. The minimum atomic E-state index is -0.465. The number of hydrogen-bond donors (Lipinski definition) is 1. The van der Waals surface area contributed by atoms with Gasteiger partial charge in [-0.05, 0) is 42.9 Å². The second-order valence-corrected chi connectivity index (χ2v) is 6.54. The monoisotopic (exact) mass is 407 g/mol. The average Bonchev–Trinajstić information content (AvgIpc) is 2.74. The molecule has 0 aromatic heterocycles. The van der Waals surface area contributed by atoms with E-state index in [4.69, 9.17) is 9.47 Å². The van der Waals surface area contributed by atoms with Gasteiger partial charge in [0.05, 0.1) is 14.2 Å². The van der Waals surface area contributed by atoms with E-state index in [1.54, 1.807) is 12.1 Å². The van der Waals surface area contributed by atoms with Crippen molar-refractivity contribution < 1.29 is 23.8 Å². The van der Waals surface area contributed by atoms with Gasteiger partial charge < -0.3 is 19.5 Å². The van der Waals surface area contributed by atoms with Crippen molar-refractivity contribution in [3.05, 3.63) is 35.9 Å². The topological polar surface area (TPSA) is 73.9 Å². The van der Waals surface area contributed by atoms with Gasteiger partial charge in [-0.15, -0.1) is 0 Å². The Kier molecular flexibility index (Phi) is 15.0. The molecular weight excluding hydrogens is 370 g/mol. The number of allylic oxidation sites excluding steroid dienone is 2. The number of amides is 1. The van der Waals surface area contributed by atoms with Gasteiger partial charge in [0, 0.05) is 13.0 Å². The highest BCUT2D eigenvalue weighted by molar-refractivity contribution is 5.75. The number of carbonyl (C=O) groups is 2. The molecule has 0 bridgehead atoms. The maximum Gasteiger partial charge on any atom is 0.343 e. The predicted molar refractivity (Wildman–Crippen MR) is 116 cm³/mol. The standard InChI is InChI=1S/C21H31NO5.C2H6/c1-16(2)9-7-5-6-8-10-20(23)22-14-17-11-12-18(19(13-17)25-3)27-15-21(24)26-4;1-2/h7,9,11-13,16H,5-6,8,10,14-15H2,1-4H3,(H,22,23);1-2H3/b9-7+;. The van der Waals surface area contributed by atoms with Crippen LogP contribution in [0.4, 0.5) is 0 Å². The Hall–Kier alpha value is -2.50. The summed E-state index contributed by atoms with van der Waals surface area (Å²) in [7, 11) is 2.83. The highest BCUT2D eigenvalue weighted by Gasteiger charge is 2.09. The lowest BCUT2D eigenvalue weighted by Gasteiger charge is -2.12. The lowest BCUT2D eigenvalue weighted by atomic mass is 10.1. The molecule has 1 amide bonds. The number of hydrogen-bond acceptors (Lipinski definition) is 5. The molecule has 0 atom stereocenters. The van der Waals surface area contributed by atoms with Gasteiger partial charge in [-0.25, -0.2) is 4.79 Å². The zero-order chi connectivity index (χ0) is 22.1. The van der Waals surface area contributed by atoms with Crippen molar-refractivity contribution in [3.63, 3.8) is 0 Å². The molecule has 0 saturated heterocycles. The first-order valence-corrected chi connectivity index (χ1v) is 10.3. The predicted octanol–water partition coefficient (Wildman–Crippen LogP) is 4.66. The molecule has 1 aromatic rings. The van der Waals surface area contributed by atoms with Gasteiger partial charge in [-0.2, -0.15) is 0 Å². The van der Waals surface area contributed by atoms with Crippen molar-refractivity contribution in [1.29, 1.82) is 0 Å². The van der Waals surface area contributed by atoms with E-state index in [0.29, 0.717) is 30.4 Å². The van der Waals surface area contributed by atoms with Crippen LogP contribution in [0.5, 0.6) is 11.5 Å². The average molecular weight is 408 g/mol. The second kappa shape index (κ2) is 16.5. The fourth-order valence-electron chi connectivity index (χ4n) is 2.34. The van der Waals surface area contributed by atoms with E-state index in [-0.39, 0.29) is 12.5 Å². The molecular formula is C23H37NO5. The third-order valence-electron chi connectivity index (χ3n) is 3.84. The lowest BCUT2D eigenvalue weighted by molar-refractivity contribution is -0.142. The number of benzene rings is 1. The van der Waals surface area contributed by atoms with Gasteiger partial charge in [-0.3, -0.25) is 4.79 Å². The molecule has 0 aliphatic rings. The zero-order valence-corrected chi connectivity index (χ0v) is 18.7. The fraction of sp³-hybridized carbons (Fsp3) is 0.565. The molecule has 0 spiro atoms. The second-order valence-electron chi connectivity index (χ2n) is 6.54. The summed E-state index contributed by atoms with van der Waals surface area (Å²) in [5, 5.41) is 2.91. The Morgan fingerprint density at radius 1 is 1.10 bits per heavy atom. The summed E-state index contributed by atoms with van der Waals surface area (Å²) >= 11 is 0. The number of rotatable bonds is 12. The van der Waals surface area contributed by atoms with Crippen LogP contribution in [0.2, 0.25) is 0 Å². The molecule has 0 unspecified atom stereocenters. The number of methoxy groups -OCH3 is 2. The Morgan fingerprint density at radius 3 is 2.45 bits per heavy atom. The largest absolute Gasteiger partial charge is 0.493 e. The summed E-state index contributed by atoms with van der Waals surface area (Å²) in [5.74, 6) is 1.10. The number of esters is 1. The third kappa shape index (κ3) is 12.5. The van der Waals surface area contributed by atoms with E-state index in [9.17, 15) is 9.59 Å². The normalized spacial score (nSPS) is 10.3. The fourth-order valence-corrected chi connectivity index (χ4v) is 2.34. The van der Waals surface area contributed by atoms with Crippen LogP contribution in [-0.2, 0) is 20.9 Å². The molecule has 1 aromatic carbocycles. The van der Waals surface area contributed by atoms with E-state index in [0.717, 1.165) is 24.8 Å². The molecule has 0 saturated carbocycles. The highest BCUT2D eigenvalue weighted by Crippen LogP contribution is 2.28. The van der Waals surface area contributed by atoms with E-state index in [2.05, 4.69) is 36.1 Å². The minimum Gasteiger partial charge on any atom is -0.493 e. The molecule has 29 heavy (non-hydrogen) atoms. The quantitative estimate of drug-likeness (QED) is 0.310. The summed E-state index contributed by atoms with van der Waals surface area (Å²) in [5.41, 5.74) is 0.894. The first-order valence-electron chi connectivity index (χ1n) is 10.3. The van der Waals surface area contributed by atoms with Crippen LogP contribution in [0.15, 0.2) is 30.4 Å². The van der Waals surface area contributed by atoms with E-state index < -0.39 is 5.97 Å². The first-order chi connectivity index (χ1) is 14.0. The minimum absolute atomic E-state index is 0.0350. The Morgan fingerprint density at radius 2 is 1.83 bits per heavy atom. The molecule has 6 nitrogen and oxygen atoms in total. The molecule has 1 N–H and O–H groups in total. The highest BCUT2D eigenvalue weighted by atomic mass is 16.6. The molecule has 6 heteroatoms. The van der Waals surface area contributed by atoms with Crippen molar-refractivity contribution in [2.75, 3.05) is 20.8 Å². The molecule has 0 heterocycles. The number of ether oxygens (including phenoxy) is 3. The van der Waals surface area contributed by atoms with Crippen LogP contribution in [0.1, 0.15) is 58.9 Å². The van der Waals surface area contributed by atoms with Gasteiger partial charge in [0.15, 0.2) is 18.1 Å². The summed E-state index contributed by atoms with van der Waals surface area (Å²) in [4.78, 5) is 23.1. The summed E-state index contributed by atoms with van der Waals surface area (Å²) in [6, 6.07) is 5.32. The third-order valence-corrected chi connectivity index (χ3v) is 3.84. The van der Waals surface area contributed by atoms with E-state index in [1.165, 1.54) is 14.2 Å². The first kappa shape index (κ1) is 26.5. The molecule has 1 rings (SSSR count). The summed E-state index contributed by atoms with van der Waals surface area (Å²) in [6.07, 6.45) is 7.78. The van der Waals surface area contributed by atoms with Crippen molar-refractivity contribution in [2.24, 2.45) is 5.92 Å². The van der Waals surface area contributed by atoms with Crippen molar-refractivity contribution in [1.82, 2.24) is 5.32 Å². The number of carbonyl (C=O) groups excluding carboxylic acids is 2. The molecule has 164 valence electrons. The van der Waals surface area contributed by atoms with E-state index in [1.807, 2.05) is 19.9 Å². The number of unbranched alkanes of at least 4 members (excludes halogenated alkanes) is 2. The maximum atomic E-state index is 12.0. The van der Waals surface area contributed by atoms with Crippen molar-refractivity contribution >= 4 is 11.9 Å². The summed E-state index contributed by atoms with van der Waals surface area (Å²) in [6.45, 7) is 8.53. The van der Waals surface area contributed by atoms with Crippen LogP contribution in [0, 0.1) is 5.92 Å². The molecule has 0 fully saturated rings. The van der Waals surface area contributed by atoms with Crippen LogP contribution in [-0.4, -0.2) is 32.7 Å². The van der Waals surface area contributed by atoms with Crippen LogP contribution < -0.4 is 14.8 Å². The Bertz CT molecular complexity index is 626. The maximum absolute atomic E-state index is 12.0. The van der Waals surface area contributed by atoms with Crippen molar-refractivity contribution in [2.45, 2.75) is 59.9 Å². The van der Waals surface area contributed by atoms with E-state index >= 15 is 0 Å².